The van der Waals surface area contributed by atoms with Crippen molar-refractivity contribution in [3.63, 3.8) is 0 Å². The second-order valence-electron chi connectivity index (χ2n) is 5.27. The Morgan fingerprint density at radius 2 is 2.32 bits per heavy atom. The van der Waals surface area contributed by atoms with Gasteiger partial charge in [0.1, 0.15) is 0 Å². The van der Waals surface area contributed by atoms with Crippen LogP contribution in [0.15, 0.2) is 18.5 Å². The van der Waals surface area contributed by atoms with Crippen molar-refractivity contribution in [3.8, 4) is 0 Å². The molecule has 0 bridgehead atoms. The molecule has 1 N–H and O–H groups in total. The van der Waals surface area contributed by atoms with Crippen LogP contribution in [0, 0.1) is 5.82 Å². The normalized spacial score (nSPS) is 26.9. The minimum absolute atomic E-state index is 0.139. The first-order valence-electron chi connectivity index (χ1n) is 6.91. The van der Waals surface area contributed by atoms with E-state index in [2.05, 4.69) is 10.3 Å². The van der Waals surface area contributed by atoms with E-state index in [-0.39, 0.29) is 17.5 Å². The fourth-order valence-corrected chi connectivity index (χ4v) is 3.21. The topological polar surface area (TPSA) is 45.2 Å². The highest BCUT2D eigenvalue weighted by Gasteiger charge is 2.36. The first-order valence-corrected chi connectivity index (χ1v) is 6.91. The van der Waals surface area contributed by atoms with Crippen LogP contribution in [0.25, 0.3) is 0 Å². The molecule has 102 valence electrons. The summed E-state index contributed by atoms with van der Waals surface area (Å²) in [7, 11) is 0. The molecule has 4 nitrogen and oxygen atoms in total. The van der Waals surface area contributed by atoms with Crippen LogP contribution in [0.3, 0.4) is 0 Å². The van der Waals surface area contributed by atoms with E-state index in [1.165, 1.54) is 12.3 Å². The Kier molecular flexibility index (Phi) is 3.46. The van der Waals surface area contributed by atoms with Gasteiger partial charge in [0, 0.05) is 24.8 Å². The van der Waals surface area contributed by atoms with Crippen LogP contribution in [0.2, 0.25) is 0 Å². The summed E-state index contributed by atoms with van der Waals surface area (Å²) in [6.45, 7) is 1.75. The zero-order valence-electron chi connectivity index (χ0n) is 10.8. The van der Waals surface area contributed by atoms with Crippen molar-refractivity contribution in [1.29, 1.82) is 0 Å². The molecular formula is C14H18FN3O. The molecule has 2 saturated heterocycles. The van der Waals surface area contributed by atoms with Crippen molar-refractivity contribution in [2.75, 3.05) is 13.1 Å². The number of nitrogens with zero attached hydrogens (tertiary/aromatic N) is 2. The van der Waals surface area contributed by atoms with E-state index < -0.39 is 5.82 Å². The molecule has 1 aromatic rings. The number of hydrogen-bond donors (Lipinski definition) is 1. The molecule has 2 fully saturated rings. The summed E-state index contributed by atoms with van der Waals surface area (Å²) in [6.07, 6.45) is 6.85. The highest BCUT2D eigenvalue weighted by Crippen LogP contribution is 2.26. The molecule has 2 aliphatic rings. The standard InChI is InChI=1S/C14H18FN3O/c15-11-9-16-7-5-10(11)14(19)18-8-2-4-13(18)12-3-1-6-17-12/h5,7,9,12-13,17H,1-4,6,8H2. The number of halogens is 1. The fourth-order valence-electron chi connectivity index (χ4n) is 3.21. The Labute approximate surface area is 112 Å². The first kappa shape index (κ1) is 12.5. The van der Waals surface area contributed by atoms with Crippen LogP contribution in [-0.4, -0.2) is 41.0 Å². The van der Waals surface area contributed by atoms with Crippen LogP contribution in [0.4, 0.5) is 4.39 Å². The molecule has 2 atom stereocenters. The Morgan fingerprint density at radius 3 is 3.05 bits per heavy atom. The maximum absolute atomic E-state index is 13.7. The Bertz CT molecular complexity index is 474. The van der Waals surface area contributed by atoms with E-state index in [1.54, 1.807) is 0 Å². The number of carbonyl (C=O) groups is 1. The zero-order chi connectivity index (χ0) is 13.2. The summed E-state index contributed by atoms with van der Waals surface area (Å²) in [4.78, 5) is 18.0. The van der Waals surface area contributed by atoms with Gasteiger partial charge in [-0.25, -0.2) is 4.39 Å². The van der Waals surface area contributed by atoms with Crippen LogP contribution >= 0.6 is 0 Å². The number of nitrogens with one attached hydrogen (secondary N) is 1. The second kappa shape index (κ2) is 5.25. The number of hydrogen-bond acceptors (Lipinski definition) is 3. The van der Waals surface area contributed by atoms with Gasteiger partial charge in [0.15, 0.2) is 5.82 Å². The van der Waals surface area contributed by atoms with Crippen molar-refractivity contribution in [3.05, 3.63) is 29.8 Å². The number of amides is 1. The summed E-state index contributed by atoms with van der Waals surface area (Å²) < 4.78 is 13.7. The SMILES string of the molecule is O=C(c1ccncc1F)N1CCCC1C1CCCN1. The predicted octanol–water partition coefficient (Wildman–Crippen LogP) is 1.58. The summed E-state index contributed by atoms with van der Waals surface area (Å²) in [5, 5.41) is 3.45. The van der Waals surface area contributed by atoms with Gasteiger partial charge in [-0.3, -0.25) is 9.78 Å². The van der Waals surface area contributed by atoms with Gasteiger partial charge < -0.3 is 10.2 Å². The molecule has 2 unspecified atom stereocenters. The Balaban J connectivity index is 1.80. The van der Waals surface area contributed by atoms with Crippen molar-refractivity contribution < 1.29 is 9.18 Å². The highest BCUT2D eigenvalue weighted by molar-refractivity contribution is 5.94. The summed E-state index contributed by atoms with van der Waals surface area (Å²) in [5.74, 6) is -0.728. The molecule has 0 radical (unpaired) electrons. The maximum Gasteiger partial charge on any atom is 0.257 e. The fraction of sp³-hybridized carbons (Fsp3) is 0.571. The summed E-state index contributed by atoms with van der Waals surface area (Å²) >= 11 is 0. The van der Waals surface area contributed by atoms with Gasteiger partial charge in [-0.05, 0) is 38.3 Å². The van der Waals surface area contributed by atoms with Gasteiger partial charge in [-0.15, -0.1) is 0 Å². The molecule has 19 heavy (non-hydrogen) atoms. The van der Waals surface area contributed by atoms with E-state index >= 15 is 0 Å². The van der Waals surface area contributed by atoms with Crippen molar-refractivity contribution >= 4 is 5.91 Å². The number of carbonyl (C=O) groups excluding carboxylic acids is 1. The van der Waals surface area contributed by atoms with Crippen LogP contribution in [-0.2, 0) is 0 Å². The van der Waals surface area contributed by atoms with Gasteiger partial charge in [0.05, 0.1) is 11.8 Å². The van der Waals surface area contributed by atoms with Gasteiger partial charge in [-0.2, -0.15) is 0 Å². The van der Waals surface area contributed by atoms with Gasteiger partial charge >= 0.3 is 0 Å². The molecule has 5 heteroatoms. The quantitative estimate of drug-likeness (QED) is 0.881. The van der Waals surface area contributed by atoms with E-state index in [9.17, 15) is 9.18 Å². The third-order valence-electron chi connectivity index (χ3n) is 4.13. The van der Waals surface area contributed by atoms with Crippen molar-refractivity contribution in [1.82, 2.24) is 15.2 Å². The average Bonchev–Trinajstić information content (AvgIpc) is 3.09. The summed E-state index contributed by atoms with van der Waals surface area (Å²) in [6, 6.07) is 2.05. The number of rotatable bonds is 2. The van der Waals surface area contributed by atoms with Crippen molar-refractivity contribution in [2.45, 2.75) is 37.8 Å². The lowest BCUT2D eigenvalue weighted by Gasteiger charge is -2.29. The van der Waals surface area contributed by atoms with Crippen molar-refractivity contribution in [2.24, 2.45) is 0 Å². The van der Waals surface area contributed by atoms with Crippen LogP contribution in [0.5, 0.6) is 0 Å². The van der Waals surface area contributed by atoms with Crippen LogP contribution in [0.1, 0.15) is 36.0 Å². The molecule has 0 aromatic carbocycles. The van der Waals surface area contributed by atoms with E-state index in [1.807, 2.05) is 4.90 Å². The minimum Gasteiger partial charge on any atom is -0.334 e. The molecule has 3 rings (SSSR count). The number of likely N-dealkylation sites (tertiary alicyclic amines) is 1. The molecule has 0 aliphatic carbocycles. The monoisotopic (exact) mass is 263 g/mol. The first-order chi connectivity index (χ1) is 9.27. The lowest BCUT2D eigenvalue weighted by molar-refractivity contribution is 0.0706. The van der Waals surface area contributed by atoms with E-state index in [0.29, 0.717) is 6.04 Å². The smallest absolute Gasteiger partial charge is 0.257 e. The second-order valence-corrected chi connectivity index (χ2v) is 5.27. The Hall–Kier alpha value is -1.49. The number of aromatic nitrogens is 1. The third kappa shape index (κ3) is 2.34. The number of pyridine rings is 1. The molecule has 2 aliphatic heterocycles. The molecule has 1 amide bonds. The summed E-state index contributed by atoms with van der Waals surface area (Å²) in [5.41, 5.74) is 0.139. The van der Waals surface area contributed by atoms with Crippen LogP contribution < -0.4 is 5.32 Å². The van der Waals surface area contributed by atoms with Gasteiger partial charge in [-0.1, -0.05) is 0 Å². The Morgan fingerprint density at radius 1 is 1.42 bits per heavy atom. The molecule has 1 aromatic heterocycles. The average molecular weight is 263 g/mol. The lowest BCUT2D eigenvalue weighted by Crippen LogP contribution is -2.46. The minimum atomic E-state index is -0.530. The lowest BCUT2D eigenvalue weighted by atomic mass is 10.0. The zero-order valence-corrected chi connectivity index (χ0v) is 10.8. The third-order valence-corrected chi connectivity index (χ3v) is 4.13. The largest absolute Gasteiger partial charge is 0.334 e. The predicted molar refractivity (Wildman–Crippen MR) is 69.3 cm³/mol. The van der Waals surface area contributed by atoms with Gasteiger partial charge in [0.25, 0.3) is 5.91 Å². The molecule has 3 heterocycles. The maximum atomic E-state index is 13.7. The molecule has 0 spiro atoms. The van der Waals surface area contributed by atoms with Gasteiger partial charge in [0.2, 0.25) is 0 Å². The molecular weight excluding hydrogens is 245 g/mol. The van der Waals surface area contributed by atoms with E-state index in [4.69, 9.17) is 0 Å². The van der Waals surface area contributed by atoms with E-state index in [0.717, 1.165) is 45.0 Å². The highest BCUT2D eigenvalue weighted by atomic mass is 19.1. The molecule has 0 saturated carbocycles.